The zero-order chi connectivity index (χ0) is 24.9. The lowest BCUT2D eigenvalue weighted by molar-refractivity contribution is 0.0315. The van der Waals surface area contributed by atoms with E-state index in [0.29, 0.717) is 23.7 Å². The van der Waals surface area contributed by atoms with Crippen LogP contribution in [0.1, 0.15) is 27.6 Å². The van der Waals surface area contributed by atoms with Gasteiger partial charge in [-0.15, -0.1) is 0 Å². The summed E-state index contributed by atoms with van der Waals surface area (Å²) in [5, 5.41) is 29.4. The number of aromatic hydroxyl groups is 3. The molecule has 1 saturated heterocycles. The topological polar surface area (TPSA) is 115 Å². The smallest absolute Gasteiger partial charge is 0.338 e. The molecule has 4 rings (SSSR count). The third kappa shape index (κ3) is 5.33. The monoisotopic (exact) mass is 478 g/mol. The SMILES string of the molecule is COc1cc(C=C2CO[C@@H](c3ccc(O)c(OC)c3)[C@@H]2COC(=O)c2ccc(O)cc2)ccc1O. The first kappa shape index (κ1) is 24.0. The maximum atomic E-state index is 12.6. The van der Waals surface area contributed by atoms with Gasteiger partial charge in [0, 0.05) is 5.92 Å². The molecule has 182 valence electrons. The molecule has 0 unspecified atom stereocenters. The minimum absolute atomic E-state index is 0.0107. The van der Waals surface area contributed by atoms with Gasteiger partial charge < -0.3 is 34.3 Å². The molecule has 35 heavy (non-hydrogen) atoms. The van der Waals surface area contributed by atoms with Gasteiger partial charge >= 0.3 is 5.97 Å². The number of ether oxygens (including phenoxy) is 4. The lowest BCUT2D eigenvalue weighted by Gasteiger charge is -2.20. The van der Waals surface area contributed by atoms with Gasteiger partial charge in [-0.2, -0.15) is 0 Å². The van der Waals surface area contributed by atoms with Crippen molar-refractivity contribution in [2.75, 3.05) is 27.4 Å². The second-order valence-corrected chi connectivity index (χ2v) is 8.07. The van der Waals surface area contributed by atoms with Gasteiger partial charge in [-0.1, -0.05) is 18.2 Å². The largest absolute Gasteiger partial charge is 0.508 e. The Morgan fingerprint density at radius 1 is 0.943 bits per heavy atom. The average molecular weight is 478 g/mol. The summed E-state index contributed by atoms with van der Waals surface area (Å²) in [6.45, 7) is 0.326. The van der Waals surface area contributed by atoms with E-state index in [1.807, 2.05) is 6.08 Å². The fraction of sp³-hybridized carbons (Fsp3) is 0.222. The van der Waals surface area contributed by atoms with E-state index >= 15 is 0 Å². The van der Waals surface area contributed by atoms with Crippen LogP contribution < -0.4 is 9.47 Å². The quantitative estimate of drug-likeness (QED) is 0.427. The van der Waals surface area contributed by atoms with Crippen LogP contribution in [0, 0.1) is 5.92 Å². The van der Waals surface area contributed by atoms with Crippen molar-refractivity contribution >= 4 is 12.0 Å². The first-order valence-electron chi connectivity index (χ1n) is 10.9. The van der Waals surface area contributed by atoms with Gasteiger partial charge in [-0.05, 0) is 65.2 Å². The van der Waals surface area contributed by atoms with E-state index in [2.05, 4.69) is 0 Å². The Morgan fingerprint density at radius 2 is 1.60 bits per heavy atom. The van der Waals surface area contributed by atoms with Crippen LogP contribution in [-0.2, 0) is 9.47 Å². The number of esters is 1. The lowest BCUT2D eigenvalue weighted by Crippen LogP contribution is -2.19. The number of hydrogen-bond donors (Lipinski definition) is 3. The zero-order valence-electron chi connectivity index (χ0n) is 19.3. The summed E-state index contributed by atoms with van der Waals surface area (Å²) in [6.07, 6.45) is 1.46. The summed E-state index contributed by atoms with van der Waals surface area (Å²) in [5.41, 5.74) is 2.75. The number of carbonyl (C=O) groups is 1. The van der Waals surface area contributed by atoms with Crippen LogP contribution in [0.2, 0.25) is 0 Å². The summed E-state index contributed by atoms with van der Waals surface area (Å²) < 4.78 is 22.2. The summed E-state index contributed by atoms with van der Waals surface area (Å²) in [5.74, 6) is -0.0985. The summed E-state index contributed by atoms with van der Waals surface area (Å²) >= 11 is 0. The van der Waals surface area contributed by atoms with Crippen molar-refractivity contribution < 1.29 is 39.1 Å². The minimum atomic E-state index is -0.524. The second-order valence-electron chi connectivity index (χ2n) is 8.07. The molecule has 0 saturated carbocycles. The van der Waals surface area contributed by atoms with Gasteiger partial charge in [0.15, 0.2) is 23.0 Å². The van der Waals surface area contributed by atoms with Crippen molar-refractivity contribution in [3.63, 3.8) is 0 Å². The molecule has 1 aliphatic rings. The van der Waals surface area contributed by atoms with Crippen LogP contribution in [0.3, 0.4) is 0 Å². The molecule has 1 heterocycles. The molecule has 1 aliphatic heterocycles. The van der Waals surface area contributed by atoms with Crippen LogP contribution in [0.25, 0.3) is 6.08 Å². The fourth-order valence-corrected chi connectivity index (χ4v) is 3.99. The van der Waals surface area contributed by atoms with Gasteiger partial charge in [-0.25, -0.2) is 4.79 Å². The van der Waals surface area contributed by atoms with E-state index < -0.39 is 12.1 Å². The number of rotatable bonds is 7. The molecule has 2 atom stereocenters. The molecule has 1 fully saturated rings. The molecule has 3 aromatic carbocycles. The van der Waals surface area contributed by atoms with Crippen molar-refractivity contribution in [2.24, 2.45) is 5.92 Å². The van der Waals surface area contributed by atoms with E-state index in [1.165, 1.54) is 44.6 Å². The third-order valence-corrected chi connectivity index (χ3v) is 5.86. The highest BCUT2D eigenvalue weighted by molar-refractivity contribution is 5.89. The maximum Gasteiger partial charge on any atom is 0.338 e. The summed E-state index contributed by atoms with van der Waals surface area (Å²) in [4.78, 5) is 12.6. The molecule has 0 amide bonds. The van der Waals surface area contributed by atoms with Gasteiger partial charge in [0.05, 0.1) is 32.5 Å². The molecule has 0 bridgehead atoms. The van der Waals surface area contributed by atoms with E-state index in [-0.39, 0.29) is 29.8 Å². The summed E-state index contributed by atoms with van der Waals surface area (Å²) in [7, 11) is 2.94. The maximum absolute atomic E-state index is 12.6. The van der Waals surface area contributed by atoms with Crippen molar-refractivity contribution in [3.05, 3.63) is 82.9 Å². The predicted molar refractivity (Wildman–Crippen MR) is 128 cm³/mol. The highest BCUT2D eigenvalue weighted by atomic mass is 16.5. The van der Waals surface area contributed by atoms with Gasteiger partial charge in [0.1, 0.15) is 12.4 Å². The first-order chi connectivity index (χ1) is 16.9. The number of phenolic OH excluding ortho intramolecular Hbond substituents is 3. The van der Waals surface area contributed by atoms with Crippen molar-refractivity contribution in [3.8, 4) is 28.7 Å². The van der Waals surface area contributed by atoms with Gasteiger partial charge in [-0.3, -0.25) is 0 Å². The number of benzene rings is 3. The Bertz CT molecular complexity index is 1230. The Balaban J connectivity index is 1.64. The highest BCUT2D eigenvalue weighted by Crippen LogP contribution is 2.42. The van der Waals surface area contributed by atoms with E-state index in [4.69, 9.17) is 18.9 Å². The van der Waals surface area contributed by atoms with Crippen molar-refractivity contribution in [1.82, 2.24) is 0 Å². The minimum Gasteiger partial charge on any atom is -0.508 e. The number of hydrogen-bond acceptors (Lipinski definition) is 8. The van der Waals surface area contributed by atoms with Crippen molar-refractivity contribution in [1.29, 1.82) is 0 Å². The van der Waals surface area contributed by atoms with Crippen molar-refractivity contribution in [2.45, 2.75) is 6.10 Å². The summed E-state index contributed by atoms with van der Waals surface area (Å²) in [6, 6.07) is 15.8. The van der Waals surface area contributed by atoms with Crippen LogP contribution in [-0.4, -0.2) is 48.7 Å². The van der Waals surface area contributed by atoms with E-state index in [0.717, 1.165) is 16.7 Å². The predicted octanol–water partition coefficient (Wildman–Crippen LogP) is 4.45. The molecular weight excluding hydrogens is 452 g/mol. The lowest BCUT2D eigenvalue weighted by atomic mass is 9.91. The molecule has 8 nitrogen and oxygen atoms in total. The molecule has 0 spiro atoms. The van der Waals surface area contributed by atoms with E-state index in [9.17, 15) is 20.1 Å². The Kier molecular flexibility index (Phi) is 7.12. The number of carbonyl (C=O) groups excluding carboxylic acids is 1. The van der Waals surface area contributed by atoms with E-state index in [1.54, 1.807) is 30.3 Å². The molecular formula is C27H26O8. The van der Waals surface area contributed by atoms with Gasteiger partial charge in [0.25, 0.3) is 0 Å². The van der Waals surface area contributed by atoms with Gasteiger partial charge in [0.2, 0.25) is 0 Å². The molecule has 3 N–H and O–H groups in total. The van der Waals surface area contributed by atoms with Crippen LogP contribution >= 0.6 is 0 Å². The fourth-order valence-electron chi connectivity index (χ4n) is 3.99. The second kappa shape index (κ2) is 10.4. The Hall–Kier alpha value is -4.17. The molecule has 3 aromatic rings. The number of methoxy groups -OCH3 is 2. The Morgan fingerprint density at radius 3 is 2.29 bits per heavy atom. The van der Waals surface area contributed by atoms with Crippen LogP contribution in [0.5, 0.6) is 28.7 Å². The highest BCUT2D eigenvalue weighted by Gasteiger charge is 2.35. The third-order valence-electron chi connectivity index (χ3n) is 5.86. The standard InChI is InChI=1S/C27H26O8/c1-32-24-12-16(3-9-22(24)29)11-19-14-34-26(18-6-10-23(30)25(13-18)33-2)21(19)15-35-27(31)17-4-7-20(28)8-5-17/h3-13,21,26,28-30H,14-15H2,1-2H3/t21-,26+/m1/s1. The zero-order valence-corrected chi connectivity index (χ0v) is 19.3. The molecule has 0 aliphatic carbocycles. The van der Waals surface area contributed by atoms with Crippen LogP contribution in [0.15, 0.2) is 66.2 Å². The number of phenols is 3. The van der Waals surface area contributed by atoms with Crippen LogP contribution in [0.4, 0.5) is 0 Å². The Labute approximate surface area is 202 Å². The normalized spacial score (nSPS) is 18.4. The molecule has 8 heteroatoms. The average Bonchev–Trinajstić information content (AvgIpc) is 3.26. The first-order valence-corrected chi connectivity index (χ1v) is 10.9. The molecule has 0 aromatic heterocycles. The molecule has 0 radical (unpaired) electrons.